The first kappa shape index (κ1) is 13.0. The summed E-state index contributed by atoms with van der Waals surface area (Å²) in [6.07, 6.45) is 1.37. The van der Waals surface area contributed by atoms with Crippen LogP contribution in [0.2, 0.25) is 10.0 Å². The van der Waals surface area contributed by atoms with Crippen LogP contribution in [0.15, 0.2) is 24.5 Å². The molecule has 2 aromatic heterocycles. The Morgan fingerprint density at radius 2 is 2.05 bits per heavy atom. The van der Waals surface area contributed by atoms with Gasteiger partial charge in [0.2, 0.25) is 11.8 Å². The van der Waals surface area contributed by atoms with Crippen LogP contribution in [0.3, 0.4) is 0 Å². The minimum absolute atomic E-state index is 0.225. The molecule has 2 heterocycles. The number of anilines is 1. The van der Waals surface area contributed by atoms with E-state index in [-0.39, 0.29) is 5.95 Å². The van der Waals surface area contributed by atoms with Gasteiger partial charge in [-0.25, -0.2) is 9.97 Å². The summed E-state index contributed by atoms with van der Waals surface area (Å²) < 4.78 is 6.75. The van der Waals surface area contributed by atoms with Crippen molar-refractivity contribution >= 4 is 40.3 Å². The molecule has 0 bridgehead atoms. The average molecular weight is 310 g/mol. The summed E-state index contributed by atoms with van der Waals surface area (Å²) in [5, 5.41) is 0.796. The van der Waals surface area contributed by atoms with E-state index >= 15 is 0 Å². The molecule has 0 saturated carbocycles. The highest BCUT2D eigenvalue weighted by molar-refractivity contribution is 6.43. The Bertz CT molecular complexity index is 802. The largest absolute Gasteiger partial charge is 0.479 e. The van der Waals surface area contributed by atoms with Crippen molar-refractivity contribution in [1.29, 1.82) is 0 Å². The summed E-state index contributed by atoms with van der Waals surface area (Å²) in [5.74, 6) is 0.571. The second kappa shape index (κ2) is 4.81. The van der Waals surface area contributed by atoms with Gasteiger partial charge in [0.25, 0.3) is 0 Å². The fraction of sp³-hybridized carbons (Fsp3) is 0.0833. The molecule has 1 aromatic carbocycles. The highest BCUT2D eigenvalue weighted by Gasteiger charge is 2.18. The normalized spacial score (nSPS) is 10.9. The van der Waals surface area contributed by atoms with E-state index in [0.717, 1.165) is 0 Å². The fourth-order valence-electron chi connectivity index (χ4n) is 1.94. The predicted octanol–water partition coefficient (Wildman–Crippen LogP) is 2.71. The van der Waals surface area contributed by atoms with Crippen molar-refractivity contribution in [2.45, 2.75) is 0 Å². The van der Waals surface area contributed by atoms with Crippen molar-refractivity contribution in [1.82, 2.24) is 19.5 Å². The molecule has 8 heteroatoms. The van der Waals surface area contributed by atoms with Gasteiger partial charge in [-0.1, -0.05) is 29.3 Å². The molecule has 0 fully saturated rings. The third-order valence-corrected chi connectivity index (χ3v) is 3.61. The van der Waals surface area contributed by atoms with E-state index in [0.29, 0.717) is 32.8 Å². The number of ether oxygens (including phenoxy) is 1. The van der Waals surface area contributed by atoms with Gasteiger partial charge in [-0.3, -0.25) is 4.57 Å². The number of hydrogen-bond acceptors (Lipinski definition) is 5. The lowest BCUT2D eigenvalue weighted by Crippen LogP contribution is -2.02. The first-order chi connectivity index (χ1) is 9.63. The summed E-state index contributed by atoms with van der Waals surface area (Å²) >= 11 is 12.2. The molecule has 6 nitrogen and oxygen atoms in total. The second-order valence-corrected chi connectivity index (χ2v) is 4.72. The monoisotopic (exact) mass is 309 g/mol. The number of aromatic nitrogens is 4. The highest BCUT2D eigenvalue weighted by Crippen LogP contribution is 2.33. The number of nitrogens with zero attached hydrogens (tertiary/aromatic N) is 4. The molecule has 2 N–H and O–H groups in total. The Kier molecular flexibility index (Phi) is 3.11. The van der Waals surface area contributed by atoms with Crippen LogP contribution in [0.1, 0.15) is 0 Å². The van der Waals surface area contributed by atoms with Crippen LogP contribution in [-0.2, 0) is 0 Å². The number of fused-ring (bicyclic) bond motifs is 1. The van der Waals surface area contributed by atoms with E-state index in [9.17, 15) is 0 Å². The van der Waals surface area contributed by atoms with Crippen molar-refractivity contribution in [2.75, 3.05) is 12.8 Å². The minimum Gasteiger partial charge on any atom is -0.479 e. The molecule has 20 heavy (non-hydrogen) atoms. The molecule has 0 atom stereocenters. The van der Waals surface area contributed by atoms with E-state index < -0.39 is 0 Å². The first-order valence-electron chi connectivity index (χ1n) is 5.60. The Morgan fingerprint density at radius 3 is 2.80 bits per heavy atom. The number of nitrogen functional groups attached to an aromatic ring is 1. The molecule has 0 saturated heterocycles. The van der Waals surface area contributed by atoms with E-state index in [1.807, 2.05) is 0 Å². The van der Waals surface area contributed by atoms with Gasteiger partial charge in [0.15, 0.2) is 11.2 Å². The number of benzene rings is 1. The van der Waals surface area contributed by atoms with Crippen LogP contribution >= 0.6 is 23.2 Å². The Balaban J connectivity index is 2.37. The topological polar surface area (TPSA) is 78.8 Å². The van der Waals surface area contributed by atoms with E-state index in [1.165, 1.54) is 13.4 Å². The summed E-state index contributed by atoms with van der Waals surface area (Å²) in [6, 6.07) is 5.24. The molecule has 0 radical (unpaired) electrons. The summed E-state index contributed by atoms with van der Waals surface area (Å²) in [6.45, 7) is 0. The van der Waals surface area contributed by atoms with Gasteiger partial charge in [0, 0.05) is 0 Å². The molecule has 0 unspecified atom stereocenters. The number of nitrogens with two attached hydrogens (primary N) is 1. The predicted molar refractivity (Wildman–Crippen MR) is 77.6 cm³/mol. The standard InChI is InChI=1S/C12H9Cl2N5O/c1-20-11-9-10(16-5-17-11)19(12(15)18-9)7-4-2-3-6(13)8(7)14/h2-5H,1H3,(H2,15,18). The summed E-state index contributed by atoms with van der Waals surface area (Å²) in [5.41, 5.74) is 7.51. The van der Waals surface area contributed by atoms with Crippen LogP contribution in [0, 0.1) is 0 Å². The van der Waals surface area contributed by atoms with Crippen LogP contribution in [-0.4, -0.2) is 26.6 Å². The molecule has 3 rings (SSSR count). The SMILES string of the molecule is COc1ncnc2c1nc(N)n2-c1cccc(Cl)c1Cl. The zero-order valence-electron chi connectivity index (χ0n) is 10.3. The summed E-state index contributed by atoms with van der Waals surface area (Å²) in [4.78, 5) is 12.4. The second-order valence-electron chi connectivity index (χ2n) is 3.93. The number of halogens is 2. The number of imidazole rings is 1. The van der Waals surface area contributed by atoms with Gasteiger partial charge in [-0.05, 0) is 12.1 Å². The maximum Gasteiger partial charge on any atom is 0.245 e. The lowest BCUT2D eigenvalue weighted by Gasteiger charge is -2.08. The average Bonchev–Trinajstić information content (AvgIpc) is 2.78. The first-order valence-corrected chi connectivity index (χ1v) is 6.36. The van der Waals surface area contributed by atoms with Crippen molar-refractivity contribution < 1.29 is 4.74 Å². The molecule has 0 aliphatic carbocycles. The van der Waals surface area contributed by atoms with E-state index in [1.54, 1.807) is 22.8 Å². The Labute approximate surface area is 124 Å². The third-order valence-electron chi connectivity index (χ3n) is 2.80. The highest BCUT2D eigenvalue weighted by atomic mass is 35.5. The fourth-order valence-corrected chi connectivity index (χ4v) is 2.32. The lowest BCUT2D eigenvalue weighted by molar-refractivity contribution is 0.401. The van der Waals surface area contributed by atoms with Gasteiger partial charge >= 0.3 is 0 Å². The van der Waals surface area contributed by atoms with Gasteiger partial charge in [-0.2, -0.15) is 4.98 Å². The molecular formula is C12H9Cl2N5O. The molecule has 0 amide bonds. The summed E-state index contributed by atoms with van der Waals surface area (Å²) in [7, 11) is 1.50. The molecule has 0 spiro atoms. The smallest absolute Gasteiger partial charge is 0.245 e. The Morgan fingerprint density at radius 1 is 1.25 bits per heavy atom. The van der Waals surface area contributed by atoms with Crippen molar-refractivity contribution in [3.05, 3.63) is 34.6 Å². The minimum atomic E-state index is 0.225. The molecule has 102 valence electrons. The van der Waals surface area contributed by atoms with Gasteiger partial charge in [0.05, 0.1) is 22.8 Å². The van der Waals surface area contributed by atoms with Gasteiger partial charge < -0.3 is 10.5 Å². The zero-order chi connectivity index (χ0) is 14.3. The van der Waals surface area contributed by atoms with E-state index in [4.69, 9.17) is 33.7 Å². The van der Waals surface area contributed by atoms with Crippen LogP contribution in [0.25, 0.3) is 16.9 Å². The van der Waals surface area contributed by atoms with Gasteiger partial charge in [0.1, 0.15) is 6.33 Å². The quantitative estimate of drug-likeness (QED) is 0.787. The van der Waals surface area contributed by atoms with Crippen molar-refractivity contribution in [2.24, 2.45) is 0 Å². The van der Waals surface area contributed by atoms with Crippen LogP contribution < -0.4 is 10.5 Å². The third kappa shape index (κ3) is 1.85. The molecule has 3 aromatic rings. The maximum absolute atomic E-state index is 6.22. The number of hydrogen-bond donors (Lipinski definition) is 1. The van der Waals surface area contributed by atoms with E-state index in [2.05, 4.69) is 15.0 Å². The Hall–Kier alpha value is -2.05. The van der Waals surface area contributed by atoms with Gasteiger partial charge in [-0.15, -0.1) is 0 Å². The molecular weight excluding hydrogens is 301 g/mol. The molecule has 0 aliphatic heterocycles. The van der Waals surface area contributed by atoms with Crippen LogP contribution in [0.5, 0.6) is 5.88 Å². The zero-order valence-corrected chi connectivity index (χ0v) is 11.9. The number of methoxy groups -OCH3 is 1. The number of rotatable bonds is 2. The maximum atomic E-state index is 6.22. The van der Waals surface area contributed by atoms with Crippen molar-refractivity contribution in [3.63, 3.8) is 0 Å². The lowest BCUT2D eigenvalue weighted by atomic mass is 10.3. The van der Waals surface area contributed by atoms with Crippen molar-refractivity contribution in [3.8, 4) is 11.6 Å². The molecule has 0 aliphatic rings. The van der Waals surface area contributed by atoms with Crippen LogP contribution in [0.4, 0.5) is 5.95 Å².